The number of hydrogen-bond acceptors (Lipinski definition) is 5. The van der Waals surface area contributed by atoms with E-state index in [1.807, 2.05) is 26.0 Å². The van der Waals surface area contributed by atoms with Crippen LogP contribution in [-0.4, -0.2) is 26.3 Å². The van der Waals surface area contributed by atoms with Crippen LogP contribution in [0.2, 0.25) is 0 Å². The first-order chi connectivity index (χ1) is 8.25. The molecule has 0 aromatic carbocycles. The van der Waals surface area contributed by atoms with Gasteiger partial charge in [0.15, 0.2) is 11.6 Å². The van der Waals surface area contributed by atoms with Crippen LogP contribution >= 0.6 is 0 Å². The number of nitrogens with one attached hydrogen (secondary N) is 2. The minimum Gasteiger partial charge on any atom is -0.487 e. The number of aromatic nitrogens is 4. The van der Waals surface area contributed by atoms with Gasteiger partial charge >= 0.3 is 0 Å². The minimum absolute atomic E-state index is 0.116. The van der Waals surface area contributed by atoms with Crippen LogP contribution in [0.25, 0.3) is 0 Å². The lowest BCUT2D eigenvalue weighted by molar-refractivity contribution is 0.243. The maximum absolute atomic E-state index is 5.64. The molecule has 0 amide bonds. The quantitative estimate of drug-likeness (QED) is 0.820. The third-order valence-electron chi connectivity index (χ3n) is 2.02. The summed E-state index contributed by atoms with van der Waals surface area (Å²) in [6.45, 7) is 4.49. The van der Waals surface area contributed by atoms with Gasteiger partial charge in [-0.3, -0.25) is 5.10 Å². The maximum Gasteiger partial charge on any atom is 0.169 e. The van der Waals surface area contributed by atoms with Gasteiger partial charge in [-0.05, 0) is 26.0 Å². The second kappa shape index (κ2) is 5.29. The Morgan fingerprint density at radius 1 is 1.41 bits per heavy atom. The molecule has 0 unspecified atom stereocenters. The molecule has 2 aromatic heterocycles. The molecule has 90 valence electrons. The van der Waals surface area contributed by atoms with Crippen molar-refractivity contribution in [2.75, 3.05) is 5.32 Å². The van der Waals surface area contributed by atoms with Crippen LogP contribution in [0, 0.1) is 0 Å². The fraction of sp³-hybridized carbons (Fsp3) is 0.364. The molecule has 6 heteroatoms. The molecule has 0 spiro atoms. The number of ether oxygens (including phenoxy) is 1. The molecule has 2 rings (SSSR count). The van der Waals surface area contributed by atoms with E-state index in [1.54, 1.807) is 6.20 Å². The number of rotatable bonds is 5. The molecule has 0 aliphatic rings. The van der Waals surface area contributed by atoms with E-state index >= 15 is 0 Å². The molecule has 2 heterocycles. The highest BCUT2D eigenvalue weighted by molar-refractivity contribution is 5.49. The van der Waals surface area contributed by atoms with Gasteiger partial charge in [-0.1, -0.05) is 0 Å². The van der Waals surface area contributed by atoms with E-state index < -0.39 is 0 Å². The summed E-state index contributed by atoms with van der Waals surface area (Å²) in [5.74, 6) is 2.20. The minimum atomic E-state index is 0.116. The largest absolute Gasteiger partial charge is 0.487 e. The van der Waals surface area contributed by atoms with Crippen molar-refractivity contribution >= 4 is 5.82 Å². The number of hydrogen-bond donors (Lipinski definition) is 2. The second-order valence-corrected chi connectivity index (χ2v) is 3.80. The molecule has 0 radical (unpaired) electrons. The number of anilines is 1. The van der Waals surface area contributed by atoms with E-state index in [1.165, 1.54) is 6.33 Å². The van der Waals surface area contributed by atoms with E-state index in [-0.39, 0.29) is 6.10 Å². The summed E-state index contributed by atoms with van der Waals surface area (Å²) < 4.78 is 5.64. The van der Waals surface area contributed by atoms with E-state index in [0.717, 1.165) is 11.6 Å². The average molecular weight is 233 g/mol. The van der Waals surface area contributed by atoms with Crippen LogP contribution in [0.5, 0.6) is 5.75 Å². The number of H-pyrrole nitrogens is 1. The summed E-state index contributed by atoms with van der Waals surface area (Å²) in [5, 5.41) is 9.70. The molecule has 0 atom stereocenters. The molecule has 2 aromatic rings. The Hall–Kier alpha value is -2.11. The van der Waals surface area contributed by atoms with E-state index in [2.05, 4.69) is 25.5 Å². The van der Waals surface area contributed by atoms with Crippen LogP contribution in [0.15, 0.2) is 24.7 Å². The van der Waals surface area contributed by atoms with Crippen molar-refractivity contribution in [1.82, 2.24) is 20.2 Å². The highest BCUT2D eigenvalue weighted by Gasteiger charge is 2.06. The summed E-state index contributed by atoms with van der Waals surface area (Å²) in [5.41, 5.74) is 0. The molecular formula is C11H15N5O. The van der Waals surface area contributed by atoms with E-state index in [0.29, 0.717) is 12.4 Å². The van der Waals surface area contributed by atoms with E-state index in [9.17, 15) is 0 Å². The van der Waals surface area contributed by atoms with Crippen LogP contribution in [0.3, 0.4) is 0 Å². The summed E-state index contributed by atoms with van der Waals surface area (Å²) in [4.78, 5) is 8.26. The Kier molecular flexibility index (Phi) is 3.54. The van der Waals surface area contributed by atoms with Gasteiger partial charge in [0.25, 0.3) is 0 Å². The fourth-order valence-electron chi connectivity index (χ4n) is 1.36. The van der Waals surface area contributed by atoms with Gasteiger partial charge in [0.05, 0.1) is 12.6 Å². The van der Waals surface area contributed by atoms with E-state index in [4.69, 9.17) is 4.74 Å². The lowest BCUT2D eigenvalue weighted by Gasteiger charge is -2.13. The van der Waals surface area contributed by atoms with Gasteiger partial charge in [0.1, 0.15) is 12.2 Å². The van der Waals surface area contributed by atoms with Crippen molar-refractivity contribution in [2.45, 2.75) is 26.5 Å². The van der Waals surface area contributed by atoms with Gasteiger partial charge in [0.2, 0.25) is 0 Å². The van der Waals surface area contributed by atoms with Crippen LogP contribution in [0.1, 0.15) is 19.7 Å². The van der Waals surface area contributed by atoms with Crippen LogP contribution < -0.4 is 10.1 Å². The Bertz CT molecular complexity index is 455. The number of pyridine rings is 1. The van der Waals surface area contributed by atoms with Gasteiger partial charge in [-0.2, -0.15) is 5.10 Å². The third-order valence-corrected chi connectivity index (χ3v) is 2.02. The van der Waals surface area contributed by atoms with Crippen LogP contribution in [0.4, 0.5) is 5.82 Å². The summed E-state index contributed by atoms with van der Waals surface area (Å²) in [6, 6.07) is 3.73. The lowest BCUT2D eigenvalue weighted by Crippen LogP contribution is -2.10. The molecule has 17 heavy (non-hydrogen) atoms. The van der Waals surface area contributed by atoms with Gasteiger partial charge in [-0.25, -0.2) is 9.97 Å². The highest BCUT2D eigenvalue weighted by Crippen LogP contribution is 2.22. The normalized spacial score (nSPS) is 10.5. The number of aromatic amines is 1. The fourth-order valence-corrected chi connectivity index (χ4v) is 1.36. The molecule has 6 nitrogen and oxygen atoms in total. The lowest BCUT2D eigenvalue weighted by atomic mass is 10.4. The maximum atomic E-state index is 5.64. The monoisotopic (exact) mass is 233 g/mol. The van der Waals surface area contributed by atoms with Crippen molar-refractivity contribution in [3.8, 4) is 5.75 Å². The van der Waals surface area contributed by atoms with Gasteiger partial charge in [0, 0.05) is 6.20 Å². The first-order valence-corrected chi connectivity index (χ1v) is 5.45. The topological polar surface area (TPSA) is 75.7 Å². The van der Waals surface area contributed by atoms with Crippen molar-refractivity contribution in [2.24, 2.45) is 0 Å². The van der Waals surface area contributed by atoms with Crippen molar-refractivity contribution in [1.29, 1.82) is 0 Å². The van der Waals surface area contributed by atoms with Gasteiger partial charge in [-0.15, -0.1) is 0 Å². The highest BCUT2D eigenvalue weighted by atomic mass is 16.5. The zero-order chi connectivity index (χ0) is 12.1. The molecular weight excluding hydrogens is 218 g/mol. The standard InChI is InChI=1S/C11H15N5O/c1-8(2)17-9-4-3-5-12-11(9)13-6-10-14-7-15-16-10/h3-5,7-8H,6H2,1-2H3,(H,12,13)(H,14,15,16). The van der Waals surface area contributed by atoms with Crippen molar-refractivity contribution < 1.29 is 4.74 Å². The Labute approximate surface area is 99.4 Å². The molecule has 0 aliphatic carbocycles. The Morgan fingerprint density at radius 3 is 3.00 bits per heavy atom. The first kappa shape index (κ1) is 11.4. The summed E-state index contributed by atoms with van der Waals surface area (Å²) in [6.07, 6.45) is 3.31. The summed E-state index contributed by atoms with van der Waals surface area (Å²) >= 11 is 0. The van der Waals surface area contributed by atoms with Crippen molar-refractivity contribution in [3.63, 3.8) is 0 Å². The predicted octanol–water partition coefficient (Wildman–Crippen LogP) is 1.60. The molecule has 2 N–H and O–H groups in total. The van der Waals surface area contributed by atoms with Gasteiger partial charge < -0.3 is 10.1 Å². The predicted molar refractivity (Wildman–Crippen MR) is 63.7 cm³/mol. The first-order valence-electron chi connectivity index (χ1n) is 5.45. The zero-order valence-corrected chi connectivity index (χ0v) is 9.84. The van der Waals surface area contributed by atoms with Crippen LogP contribution in [-0.2, 0) is 6.54 Å². The molecule has 0 aliphatic heterocycles. The second-order valence-electron chi connectivity index (χ2n) is 3.80. The average Bonchev–Trinajstić information content (AvgIpc) is 2.80. The molecule has 0 fully saturated rings. The molecule has 0 saturated heterocycles. The molecule has 0 saturated carbocycles. The smallest absolute Gasteiger partial charge is 0.169 e. The number of nitrogens with zero attached hydrogens (tertiary/aromatic N) is 3. The SMILES string of the molecule is CC(C)Oc1cccnc1NCc1ncn[nH]1. The Balaban J connectivity index is 2.04. The molecule has 0 bridgehead atoms. The zero-order valence-electron chi connectivity index (χ0n) is 9.84. The summed E-state index contributed by atoms with van der Waals surface area (Å²) in [7, 11) is 0. The van der Waals surface area contributed by atoms with Crippen molar-refractivity contribution in [3.05, 3.63) is 30.5 Å². The third kappa shape index (κ3) is 3.17. The Morgan fingerprint density at radius 2 is 2.29 bits per heavy atom.